The van der Waals surface area contributed by atoms with Crippen LogP contribution < -0.4 is 0 Å². The van der Waals surface area contributed by atoms with Crippen LogP contribution in [0.1, 0.15) is 20.8 Å². The molecule has 0 bridgehead atoms. The van der Waals surface area contributed by atoms with Crippen LogP contribution in [0.15, 0.2) is 5.11 Å². The molecule has 0 saturated carbocycles. The minimum atomic E-state index is -1.10. The number of nitrogens with zero attached hydrogens (tertiary/aromatic N) is 3. The van der Waals surface area contributed by atoms with Crippen LogP contribution in [0.25, 0.3) is 10.4 Å². The molecule has 10 nitrogen and oxygen atoms in total. The minimum absolute atomic E-state index is 0.241. The molecule has 0 spiro atoms. The molecule has 11 heteroatoms. The van der Waals surface area contributed by atoms with Gasteiger partial charge in [-0.15, -0.1) is 12.6 Å². The van der Waals surface area contributed by atoms with Crippen molar-refractivity contribution in [2.24, 2.45) is 5.11 Å². The average molecular weight is 347 g/mol. The van der Waals surface area contributed by atoms with Gasteiger partial charge in [0.15, 0.2) is 0 Å². The second-order valence-electron chi connectivity index (χ2n) is 4.71. The average Bonchev–Trinajstić information content (AvgIpc) is 2.43. The molecule has 1 aliphatic heterocycles. The third-order valence-corrected chi connectivity index (χ3v) is 3.29. The SMILES string of the molecule is CC(=O)OCC1O[C@H](S)C(OC(C)=O)[C@@H](N=[N+]=[N-])[C@H]1OC(C)=O. The predicted molar refractivity (Wildman–Crippen MR) is 78.3 cm³/mol. The van der Waals surface area contributed by atoms with Gasteiger partial charge in [0, 0.05) is 25.7 Å². The summed E-state index contributed by atoms with van der Waals surface area (Å²) in [6, 6.07) is -1.08. The molecule has 0 aromatic rings. The van der Waals surface area contributed by atoms with Crippen LogP contribution in [0.3, 0.4) is 0 Å². The normalized spacial score (nSPS) is 29.8. The predicted octanol–water partition coefficient (Wildman–Crippen LogP) is 0.746. The zero-order valence-corrected chi connectivity index (χ0v) is 13.6. The molecule has 1 heterocycles. The molecule has 1 rings (SSSR count). The first-order valence-electron chi connectivity index (χ1n) is 6.61. The van der Waals surface area contributed by atoms with E-state index in [2.05, 4.69) is 22.7 Å². The van der Waals surface area contributed by atoms with Crippen molar-refractivity contribution in [1.29, 1.82) is 0 Å². The van der Waals surface area contributed by atoms with Gasteiger partial charge in [0.05, 0.1) is 0 Å². The molecule has 0 N–H and O–H groups in total. The van der Waals surface area contributed by atoms with E-state index < -0.39 is 47.7 Å². The zero-order valence-electron chi connectivity index (χ0n) is 12.7. The van der Waals surface area contributed by atoms with Gasteiger partial charge in [-0.25, -0.2) is 0 Å². The number of esters is 3. The Balaban J connectivity index is 3.09. The quantitative estimate of drug-likeness (QED) is 0.193. The first-order chi connectivity index (χ1) is 10.8. The molecule has 0 radical (unpaired) electrons. The fourth-order valence-corrected chi connectivity index (χ4v) is 2.48. The van der Waals surface area contributed by atoms with E-state index in [0.29, 0.717) is 0 Å². The van der Waals surface area contributed by atoms with Crippen molar-refractivity contribution in [3.8, 4) is 0 Å². The summed E-state index contributed by atoms with van der Waals surface area (Å²) in [5.74, 6) is -1.87. The summed E-state index contributed by atoms with van der Waals surface area (Å²) in [5, 5.41) is 3.54. The monoisotopic (exact) mass is 347 g/mol. The fourth-order valence-electron chi connectivity index (χ4n) is 2.09. The van der Waals surface area contributed by atoms with Gasteiger partial charge >= 0.3 is 17.9 Å². The molecule has 1 fully saturated rings. The Labute approximate surface area is 137 Å². The highest BCUT2D eigenvalue weighted by atomic mass is 32.1. The number of carbonyl (C=O) groups is 3. The van der Waals surface area contributed by atoms with E-state index in [1.54, 1.807) is 0 Å². The topological polar surface area (TPSA) is 137 Å². The van der Waals surface area contributed by atoms with E-state index >= 15 is 0 Å². The Kier molecular flexibility index (Phi) is 7.14. The van der Waals surface area contributed by atoms with E-state index in [1.165, 1.54) is 13.8 Å². The van der Waals surface area contributed by atoms with Crippen LogP contribution in [0.4, 0.5) is 0 Å². The fraction of sp³-hybridized carbons (Fsp3) is 0.750. The lowest BCUT2D eigenvalue weighted by molar-refractivity contribution is -0.200. The lowest BCUT2D eigenvalue weighted by Gasteiger charge is -2.42. The third-order valence-electron chi connectivity index (χ3n) is 2.87. The number of ether oxygens (including phenoxy) is 4. The zero-order chi connectivity index (χ0) is 17.6. The van der Waals surface area contributed by atoms with Crippen molar-refractivity contribution in [1.82, 2.24) is 0 Å². The van der Waals surface area contributed by atoms with Crippen LogP contribution in [0.2, 0.25) is 0 Å². The number of rotatable bonds is 5. The Hall–Kier alpha value is -1.97. The summed E-state index contributed by atoms with van der Waals surface area (Å²) < 4.78 is 20.5. The van der Waals surface area contributed by atoms with Crippen molar-refractivity contribution in [3.05, 3.63) is 10.4 Å². The number of azide groups is 1. The van der Waals surface area contributed by atoms with Crippen molar-refractivity contribution in [2.75, 3.05) is 6.61 Å². The molecule has 128 valence electrons. The first-order valence-corrected chi connectivity index (χ1v) is 7.13. The second kappa shape index (κ2) is 8.61. The van der Waals surface area contributed by atoms with Crippen molar-refractivity contribution < 1.29 is 33.3 Å². The molecule has 1 aliphatic rings. The van der Waals surface area contributed by atoms with Gasteiger partial charge < -0.3 is 18.9 Å². The van der Waals surface area contributed by atoms with E-state index in [-0.39, 0.29) is 6.61 Å². The summed E-state index contributed by atoms with van der Waals surface area (Å²) in [5.41, 5.74) is 7.78. The van der Waals surface area contributed by atoms with Crippen LogP contribution >= 0.6 is 12.6 Å². The molecular weight excluding hydrogens is 330 g/mol. The number of hydrogen-bond donors (Lipinski definition) is 1. The van der Waals surface area contributed by atoms with Gasteiger partial charge in [-0.05, 0) is 5.53 Å². The smallest absolute Gasteiger partial charge is 0.303 e. The van der Waals surface area contributed by atoms with E-state index in [9.17, 15) is 14.4 Å². The summed E-state index contributed by atoms with van der Waals surface area (Å²) in [6.07, 6.45) is -3.09. The van der Waals surface area contributed by atoms with Crippen LogP contribution in [-0.2, 0) is 33.3 Å². The molecule has 5 atom stereocenters. The molecule has 0 aliphatic carbocycles. The third kappa shape index (κ3) is 5.62. The van der Waals surface area contributed by atoms with Crippen molar-refractivity contribution in [2.45, 2.75) is 50.6 Å². The maximum absolute atomic E-state index is 11.3. The van der Waals surface area contributed by atoms with E-state index in [0.717, 1.165) is 6.92 Å². The van der Waals surface area contributed by atoms with Gasteiger partial charge in [0.2, 0.25) is 0 Å². The molecule has 0 amide bonds. The molecule has 2 unspecified atom stereocenters. The molecule has 23 heavy (non-hydrogen) atoms. The minimum Gasteiger partial charge on any atom is -0.463 e. The molecule has 1 saturated heterocycles. The number of hydrogen-bond acceptors (Lipinski definition) is 9. The van der Waals surface area contributed by atoms with Gasteiger partial charge in [-0.1, -0.05) is 5.11 Å². The van der Waals surface area contributed by atoms with Crippen molar-refractivity contribution >= 4 is 30.5 Å². The van der Waals surface area contributed by atoms with Gasteiger partial charge in [0.25, 0.3) is 0 Å². The Morgan fingerprint density at radius 3 is 2.17 bits per heavy atom. The maximum atomic E-state index is 11.3. The highest BCUT2D eigenvalue weighted by molar-refractivity contribution is 7.80. The van der Waals surface area contributed by atoms with Gasteiger partial charge in [-0.2, -0.15) is 0 Å². The van der Waals surface area contributed by atoms with Crippen LogP contribution in [0, 0.1) is 0 Å². The number of thiol groups is 1. The molecule has 0 aromatic carbocycles. The summed E-state index contributed by atoms with van der Waals surface area (Å²) in [6.45, 7) is 3.28. The highest BCUT2D eigenvalue weighted by Gasteiger charge is 2.48. The Morgan fingerprint density at radius 2 is 1.70 bits per heavy atom. The Bertz CT molecular complexity index is 523. The van der Waals surface area contributed by atoms with E-state index in [1.807, 2.05) is 0 Å². The maximum Gasteiger partial charge on any atom is 0.303 e. The molecular formula is C12H17N3O7S. The lowest BCUT2D eigenvalue weighted by Crippen LogP contribution is -2.59. The van der Waals surface area contributed by atoms with Crippen LogP contribution in [-0.4, -0.2) is 54.3 Å². The lowest BCUT2D eigenvalue weighted by atomic mass is 9.97. The Morgan fingerprint density at radius 1 is 1.13 bits per heavy atom. The molecule has 0 aromatic heterocycles. The second-order valence-corrected chi connectivity index (χ2v) is 5.22. The summed E-state index contributed by atoms with van der Waals surface area (Å²) in [4.78, 5) is 36.2. The highest BCUT2D eigenvalue weighted by Crippen LogP contribution is 2.30. The van der Waals surface area contributed by atoms with Gasteiger partial charge in [-0.3, -0.25) is 14.4 Å². The standard InChI is InChI=1S/C12H17N3O7S/c1-5(16)19-4-8-10(20-6(2)17)9(14-15-13)11(12(23)22-8)21-7(3)18/h8-12,23H,4H2,1-3H3/t8?,9-,10-,11?,12+/m0/s1. The largest absolute Gasteiger partial charge is 0.463 e. The van der Waals surface area contributed by atoms with E-state index in [4.69, 9.17) is 24.5 Å². The summed E-state index contributed by atoms with van der Waals surface area (Å²) in [7, 11) is 0. The summed E-state index contributed by atoms with van der Waals surface area (Å²) >= 11 is 4.15. The first kappa shape index (κ1) is 19.1. The van der Waals surface area contributed by atoms with Crippen molar-refractivity contribution in [3.63, 3.8) is 0 Å². The van der Waals surface area contributed by atoms with Gasteiger partial charge in [0.1, 0.15) is 36.4 Å². The van der Waals surface area contributed by atoms with Crippen LogP contribution in [0.5, 0.6) is 0 Å². The number of carbonyl (C=O) groups excluding carboxylic acids is 3.